The number of pyridine rings is 1. The summed E-state index contributed by atoms with van der Waals surface area (Å²) in [4.78, 5) is 47.1. The highest BCUT2D eigenvalue weighted by atomic mass is 16.5. The highest BCUT2D eigenvalue weighted by molar-refractivity contribution is 5.79. The molecule has 0 atom stereocenters. The number of carbonyl (C=O) groups excluding carboxylic acids is 1. The Balaban J connectivity index is 2.31. The molecule has 12 nitrogen and oxygen atoms in total. The van der Waals surface area contributed by atoms with E-state index in [0.29, 0.717) is 11.6 Å². The molecule has 2 aromatic heterocycles. The van der Waals surface area contributed by atoms with E-state index >= 15 is 0 Å². The molecule has 0 unspecified atom stereocenters. The van der Waals surface area contributed by atoms with Crippen molar-refractivity contribution >= 4 is 23.7 Å². The Labute approximate surface area is 183 Å². The maximum Gasteiger partial charge on any atom is 0.314 e. The maximum atomic E-state index is 12.4. The van der Waals surface area contributed by atoms with Crippen LogP contribution in [0.2, 0.25) is 0 Å². The number of nitrogens with zero attached hydrogens (tertiary/aromatic N) is 3. The van der Waals surface area contributed by atoms with Crippen molar-refractivity contribution in [2.45, 2.75) is 44.8 Å². The van der Waals surface area contributed by atoms with Crippen molar-refractivity contribution < 1.29 is 39.2 Å². The minimum Gasteiger partial charge on any atom is -0.491 e. The summed E-state index contributed by atoms with van der Waals surface area (Å²) < 4.78 is 10.5. The first-order valence-electron chi connectivity index (χ1n) is 9.52. The van der Waals surface area contributed by atoms with Gasteiger partial charge in [-0.25, -0.2) is 15.0 Å². The zero-order valence-corrected chi connectivity index (χ0v) is 17.7. The number of hydrogen-bond donors (Lipinski definition) is 4. The van der Waals surface area contributed by atoms with Crippen LogP contribution in [0.5, 0.6) is 11.5 Å². The van der Waals surface area contributed by atoms with E-state index in [9.17, 15) is 19.5 Å². The number of carbonyl (C=O) groups is 3. The van der Waals surface area contributed by atoms with E-state index in [2.05, 4.69) is 20.3 Å². The summed E-state index contributed by atoms with van der Waals surface area (Å²) in [6.07, 6.45) is 0.108. The number of aliphatic hydroxyl groups is 1. The molecular formula is C20H24N4O8. The minimum atomic E-state index is -2.32. The molecule has 0 aliphatic carbocycles. The van der Waals surface area contributed by atoms with Crippen molar-refractivity contribution in [2.75, 3.05) is 12.4 Å². The summed E-state index contributed by atoms with van der Waals surface area (Å²) in [6.45, 7) is 3.81. The average molecular weight is 448 g/mol. The summed E-state index contributed by atoms with van der Waals surface area (Å²) >= 11 is 0. The second-order valence-corrected chi connectivity index (χ2v) is 7.28. The van der Waals surface area contributed by atoms with Crippen LogP contribution in [0, 0.1) is 0 Å². The molecule has 0 radical (unpaired) electrons. The van der Waals surface area contributed by atoms with E-state index in [4.69, 9.17) is 19.7 Å². The number of hydrogen-bond acceptors (Lipinski definition) is 10. The number of rotatable bonds is 11. The van der Waals surface area contributed by atoms with Crippen molar-refractivity contribution in [3.8, 4) is 23.0 Å². The Morgan fingerprint density at radius 2 is 1.75 bits per heavy atom. The van der Waals surface area contributed by atoms with Gasteiger partial charge in [-0.2, -0.15) is 0 Å². The van der Waals surface area contributed by atoms with Gasteiger partial charge < -0.3 is 30.1 Å². The third-order valence-corrected chi connectivity index (χ3v) is 4.04. The third kappa shape index (κ3) is 6.87. The van der Waals surface area contributed by atoms with Gasteiger partial charge in [-0.05, 0) is 26.0 Å². The summed E-state index contributed by atoms with van der Waals surface area (Å²) in [7, 11) is 1.47. The number of ether oxygens (including phenoxy) is 2. The van der Waals surface area contributed by atoms with Gasteiger partial charge in [-0.3, -0.25) is 14.4 Å². The molecule has 0 saturated carbocycles. The van der Waals surface area contributed by atoms with Crippen molar-refractivity contribution in [1.29, 1.82) is 0 Å². The zero-order chi connectivity index (χ0) is 23.9. The van der Waals surface area contributed by atoms with E-state index in [1.807, 2.05) is 13.8 Å². The monoisotopic (exact) mass is 448 g/mol. The number of esters is 1. The summed E-state index contributed by atoms with van der Waals surface area (Å²) in [5.41, 5.74) is -2.21. The van der Waals surface area contributed by atoms with Crippen LogP contribution < -0.4 is 14.8 Å². The maximum absolute atomic E-state index is 12.4. The van der Waals surface area contributed by atoms with E-state index in [-0.39, 0.29) is 23.3 Å². The molecule has 0 aliphatic rings. The number of aliphatic carboxylic acids is 2. The quantitative estimate of drug-likeness (QED) is 0.363. The lowest BCUT2D eigenvalue weighted by molar-refractivity contribution is -0.152. The Hall–Kier alpha value is -3.80. The Bertz CT molecular complexity index is 979. The van der Waals surface area contributed by atoms with Gasteiger partial charge in [-0.15, -0.1) is 0 Å². The van der Waals surface area contributed by atoms with Gasteiger partial charge in [0, 0.05) is 12.2 Å². The molecule has 0 amide bonds. The molecule has 4 N–H and O–H groups in total. The predicted octanol–water partition coefficient (Wildman–Crippen LogP) is 1.34. The van der Waals surface area contributed by atoms with Gasteiger partial charge in [0.2, 0.25) is 0 Å². The number of anilines is 1. The predicted molar refractivity (Wildman–Crippen MR) is 110 cm³/mol. The normalized spacial score (nSPS) is 11.2. The SMILES string of the molecule is COc1cnc(-c2ncccc2OC(=O)CC(O)(CC(=O)O)CC(=O)O)nc1NC(C)C. The van der Waals surface area contributed by atoms with Gasteiger partial charge in [-0.1, -0.05) is 0 Å². The van der Waals surface area contributed by atoms with Crippen molar-refractivity contribution in [3.63, 3.8) is 0 Å². The van der Waals surface area contributed by atoms with Crippen LogP contribution in [0.15, 0.2) is 24.5 Å². The fourth-order valence-electron chi connectivity index (χ4n) is 2.83. The van der Waals surface area contributed by atoms with Crippen LogP contribution in [0.4, 0.5) is 5.82 Å². The Morgan fingerprint density at radius 1 is 1.09 bits per heavy atom. The lowest BCUT2D eigenvalue weighted by Crippen LogP contribution is -2.38. The smallest absolute Gasteiger partial charge is 0.314 e. The highest BCUT2D eigenvalue weighted by Crippen LogP contribution is 2.30. The summed E-state index contributed by atoms with van der Waals surface area (Å²) in [5.74, 6) is -3.11. The number of nitrogens with one attached hydrogen (secondary N) is 1. The van der Waals surface area contributed by atoms with Gasteiger partial charge in [0.15, 0.2) is 28.8 Å². The second kappa shape index (κ2) is 10.5. The van der Waals surface area contributed by atoms with Gasteiger partial charge in [0.1, 0.15) is 0 Å². The number of carboxylic acids is 2. The third-order valence-electron chi connectivity index (χ3n) is 4.04. The highest BCUT2D eigenvalue weighted by Gasteiger charge is 2.36. The van der Waals surface area contributed by atoms with Crippen LogP contribution in [-0.2, 0) is 14.4 Å². The molecule has 12 heteroatoms. The fraction of sp³-hybridized carbons (Fsp3) is 0.400. The molecule has 0 bridgehead atoms. The van der Waals surface area contributed by atoms with Crippen molar-refractivity contribution in [2.24, 2.45) is 0 Å². The molecule has 0 spiro atoms. The first kappa shape index (κ1) is 24.5. The average Bonchev–Trinajstić information content (AvgIpc) is 2.66. The molecule has 2 aromatic rings. The first-order chi connectivity index (χ1) is 15.0. The van der Waals surface area contributed by atoms with Gasteiger partial charge >= 0.3 is 17.9 Å². The number of carboxylic acid groups (broad SMARTS) is 2. The topological polar surface area (TPSA) is 181 Å². The molecule has 32 heavy (non-hydrogen) atoms. The lowest BCUT2D eigenvalue weighted by atomic mass is 9.92. The number of aromatic nitrogens is 3. The van der Waals surface area contributed by atoms with Crippen LogP contribution in [0.3, 0.4) is 0 Å². The first-order valence-corrected chi connectivity index (χ1v) is 9.52. The summed E-state index contributed by atoms with van der Waals surface area (Å²) in [6, 6.07) is 2.94. The molecule has 0 aliphatic heterocycles. The van der Waals surface area contributed by atoms with Crippen LogP contribution >= 0.6 is 0 Å². The minimum absolute atomic E-state index is 0.0360. The fourth-order valence-corrected chi connectivity index (χ4v) is 2.83. The van der Waals surface area contributed by atoms with E-state index in [1.165, 1.54) is 31.6 Å². The molecule has 2 heterocycles. The molecular weight excluding hydrogens is 424 g/mol. The Kier molecular flexibility index (Phi) is 8.02. The van der Waals surface area contributed by atoms with E-state index in [1.54, 1.807) is 0 Å². The van der Waals surface area contributed by atoms with Crippen molar-refractivity contribution in [1.82, 2.24) is 15.0 Å². The molecule has 2 rings (SSSR count). The van der Waals surface area contributed by atoms with E-state index in [0.717, 1.165) is 0 Å². The lowest BCUT2D eigenvalue weighted by Gasteiger charge is -2.23. The number of methoxy groups -OCH3 is 1. The van der Waals surface area contributed by atoms with Crippen molar-refractivity contribution in [3.05, 3.63) is 24.5 Å². The second-order valence-electron chi connectivity index (χ2n) is 7.28. The van der Waals surface area contributed by atoms with Crippen LogP contribution in [0.1, 0.15) is 33.1 Å². The zero-order valence-electron chi connectivity index (χ0n) is 17.7. The van der Waals surface area contributed by atoms with Gasteiger partial charge in [0.25, 0.3) is 0 Å². The van der Waals surface area contributed by atoms with Gasteiger partial charge in [0.05, 0.1) is 38.2 Å². The Morgan fingerprint density at radius 3 is 2.31 bits per heavy atom. The standard InChI is InChI=1S/C20H24N4O8/c1-11(2)23-18-13(31-3)10-22-19(24-18)17-12(5-4-6-21-17)32-16(29)9-20(30,7-14(25)26)8-15(27)28/h4-6,10-11,30H,7-9H2,1-3H3,(H,25,26)(H,27,28)(H,22,23,24). The molecule has 0 aromatic carbocycles. The largest absolute Gasteiger partial charge is 0.491 e. The van der Waals surface area contributed by atoms with Crippen LogP contribution in [-0.4, -0.2) is 66.9 Å². The van der Waals surface area contributed by atoms with E-state index < -0.39 is 42.8 Å². The molecule has 0 fully saturated rings. The van der Waals surface area contributed by atoms with Crippen LogP contribution in [0.25, 0.3) is 11.5 Å². The molecule has 0 saturated heterocycles. The molecule has 172 valence electrons. The summed E-state index contributed by atoms with van der Waals surface area (Å²) in [5, 5.41) is 31.3.